The van der Waals surface area contributed by atoms with Gasteiger partial charge >= 0.3 is 0 Å². The second-order valence-electron chi connectivity index (χ2n) is 7.64. The second kappa shape index (κ2) is 8.57. The molecule has 2 aromatic carbocycles. The monoisotopic (exact) mass is 401 g/mol. The van der Waals surface area contributed by atoms with Crippen LogP contribution in [0.15, 0.2) is 60.6 Å². The fraction of sp³-hybridized carbons (Fsp3) is 0.280. The Morgan fingerprint density at radius 3 is 2.87 bits per heavy atom. The lowest BCUT2D eigenvalue weighted by atomic mass is 10.0. The highest BCUT2D eigenvalue weighted by Gasteiger charge is 2.24. The zero-order chi connectivity index (χ0) is 21.1. The van der Waals surface area contributed by atoms with Crippen LogP contribution in [-0.4, -0.2) is 22.6 Å². The van der Waals surface area contributed by atoms with E-state index in [1.54, 1.807) is 13.4 Å². The molecule has 5 nitrogen and oxygen atoms in total. The van der Waals surface area contributed by atoms with Gasteiger partial charge in [-0.15, -0.1) is 0 Å². The summed E-state index contributed by atoms with van der Waals surface area (Å²) in [5.74, 6) is 0.731. The maximum atomic E-state index is 13.0. The number of hydrogen-bond donors (Lipinski definition) is 1. The lowest BCUT2D eigenvalue weighted by molar-refractivity contribution is -0.118. The Labute approximate surface area is 177 Å². The van der Waals surface area contributed by atoms with Crippen LogP contribution in [-0.2, 0) is 11.2 Å². The van der Waals surface area contributed by atoms with E-state index >= 15 is 0 Å². The van der Waals surface area contributed by atoms with E-state index in [2.05, 4.69) is 28.5 Å². The average Bonchev–Trinajstić information content (AvgIpc) is 3.38. The van der Waals surface area contributed by atoms with Gasteiger partial charge in [0, 0.05) is 11.8 Å². The van der Waals surface area contributed by atoms with Gasteiger partial charge in [0.2, 0.25) is 5.91 Å². The summed E-state index contributed by atoms with van der Waals surface area (Å²) in [4.78, 5) is 17.3. The molecule has 1 heterocycles. The predicted molar refractivity (Wildman–Crippen MR) is 119 cm³/mol. The van der Waals surface area contributed by atoms with Crippen molar-refractivity contribution in [3.8, 4) is 11.4 Å². The number of aromatic nitrogens is 2. The number of carbonyl (C=O) groups is 1. The van der Waals surface area contributed by atoms with Gasteiger partial charge in [0.05, 0.1) is 30.9 Å². The van der Waals surface area contributed by atoms with Gasteiger partial charge in [0.15, 0.2) is 0 Å². The Morgan fingerprint density at radius 1 is 1.30 bits per heavy atom. The first-order valence-corrected chi connectivity index (χ1v) is 10.4. The van der Waals surface area contributed by atoms with E-state index in [9.17, 15) is 4.79 Å². The molecular weight excluding hydrogens is 374 g/mol. The van der Waals surface area contributed by atoms with Crippen LogP contribution in [0.5, 0.6) is 5.75 Å². The smallest absolute Gasteiger partial charge is 0.247 e. The van der Waals surface area contributed by atoms with Crippen molar-refractivity contribution in [2.45, 2.75) is 39.2 Å². The number of hydrogen-bond acceptors (Lipinski definition) is 3. The van der Waals surface area contributed by atoms with Crippen molar-refractivity contribution in [3.63, 3.8) is 0 Å². The molecule has 0 bridgehead atoms. The number of rotatable bonds is 6. The minimum atomic E-state index is -0.00696. The second-order valence-corrected chi connectivity index (χ2v) is 7.64. The molecule has 0 fully saturated rings. The molecule has 1 aliphatic rings. The highest BCUT2D eigenvalue weighted by Crippen LogP contribution is 2.31. The van der Waals surface area contributed by atoms with Gasteiger partial charge in [-0.05, 0) is 61.1 Å². The van der Waals surface area contributed by atoms with Crippen LogP contribution < -0.4 is 10.1 Å². The van der Waals surface area contributed by atoms with Gasteiger partial charge < -0.3 is 14.6 Å². The zero-order valence-corrected chi connectivity index (χ0v) is 17.7. The molecule has 0 radical (unpaired) electrons. The summed E-state index contributed by atoms with van der Waals surface area (Å²) in [6.45, 7) is 3.96. The minimum absolute atomic E-state index is 0.00696. The molecule has 1 N–H and O–H groups in total. The molecule has 1 amide bonds. The number of ether oxygens (including phenoxy) is 1. The van der Waals surface area contributed by atoms with E-state index in [1.807, 2.05) is 55.0 Å². The van der Waals surface area contributed by atoms with Crippen molar-refractivity contribution in [2.75, 3.05) is 7.11 Å². The maximum Gasteiger partial charge on any atom is 0.247 e. The van der Waals surface area contributed by atoms with Crippen molar-refractivity contribution in [1.29, 1.82) is 0 Å². The van der Waals surface area contributed by atoms with Gasteiger partial charge in [0.25, 0.3) is 0 Å². The fourth-order valence-corrected chi connectivity index (χ4v) is 4.04. The van der Waals surface area contributed by atoms with Gasteiger partial charge in [-0.25, -0.2) is 4.98 Å². The third-order valence-electron chi connectivity index (χ3n) is 5.65. The average molecular weight is 402 g/mol. The zero-order valence-electron chi connectivity index (χ0n) is 17.7. The summed E-state index contributed by atoms with van der Waals surface area (Å²) in [6.07, 6.45) is 8.30. The molecule has 0 aliphatic heterocycles. The van der Waals surface area contributed by atoms with Crippen molar-refractivity contribution in [1.82, 2.24) is 14.9 Å². The van der Waals surface area contributed by atoms with Crippen molar-refractivity contribution >= 4 is 12.0 Å². The van der Waals surface area contributed by atoms with E-state index in [0.717, 1.165) is 41.1 Å². The van der Waals surface area contributed by atoms with Crippen LogP contribution >= 0.6 is 0 Å². The number of nitrogens with one attached hydrogen (secondary N) is 1. The summed E-state index contributed by atoms with van der Waals surface area (Å²) in [5, 5.41) is 3.22. The molecule has 4 rings (SSSR count). The first kappa shape index (κ1) is 20.0. The van der Waals surface area contributed by atoms with Crippen LogP contribution in [0, 0.1) is 6.92 Å². The predicted octanol–water partition coefficient (Wildman–Crippen LogP) is 4.79. The van der Waals surface area contributed by atoms with Crippen LogP contribution in [0.3, 0.4) is 0 Å². The summed E-state index contributed by atoms with van der Waals surface area (Å²) >= 11 is 0. The largest absolute Gasteiger partial charge is 0.495 e. The first-order chi connectivity index (χ1) is 14.6. The van der Waals surface area contributed by atoms with Gasteiger partial charge in [-0.1, -0.05) is 37.3 Å². The van der Waals surface area contributed by atoms with Crippen LogP contribution in [0.1, 0.15) is 48.2 Å². The van der Waals surface area contributed by atoms with E-state index < -0.39 is 0 Å². The van der Waals surface area contributed by atoms with Gasteiger partial charge in [-0.2, -0.15) is 0 Å². The third kappa shape index (κ3) is 4.01. The van der Waals surface area contributed by atoms with E-state index in [0.29, 0.717) is 6.42 Å². The maximum absolute atomic E-state index is 13.0. The normalized spacial score (nSPS) is 15.7. The quantitative estimate of drug-likeness (QED) is 0.605. The molecular formula is C25H27N3O2. The lowest BCUT2D eigenvalue weighted by Crippen LogP contribution is -2.28. The summed E-state index contributed by atoms with van der Waals surface area (Å²) in [6, 6.07) is 14.4. The third-order valence-corrected chi connectivity index (χ3v) is 5.65. The number of benzene rings is 2. The van der Waals surface area contributed by atoms with Crippen molar-refractivity contribution in [2.24, 2.45) is 0 Å². The number of imidazole rings is 1. The molecule has 1 unspecified atom stereocenters. The van der Waals surface area contributed by atoms with E-state index in [-0.39, 0.29) is 11.9 Å². The minimum Gasteiger partial charge on any atom is -0.495 e. The summed E-state index contributed by atoms with van der Waals surface area (Å²) < 4.78 is 7.53. The Bertz CT molecular complexity index is 1100. The molecule has 1 atom stereocenters. The molecule has 30 heavy (non-hydrogen) atoms. The van der Waals surface area contributed by atoms with Crippen LogP contribution in [0.25, 0.3) is 11.8 Å². The molecule has 1 aliphatic carbocycles. The molecule has 3 aromatic rings. The fourth-order valence-electron chi connectivity index (χ4n) is 4.04. The standard InChI is InChI=1S/C25H27N3O2/c1-4-19(25(29)27-22-11-10-20-7-5-6-8-21(20)22)13-18-9-12-23(24(14-18)30-3)28-15-17(2)26-16-28/h5-9,12-16,22H,4,10-11H2,1-3H3,(H,27,29)/b19-13+. The van der Waals surface area contributed by atoms with Gasteiger partial charge in [-0.3, -0.25) is 4.79 Å². The highest BCUT2D eigenvalue weighted by molar-refractivity contribution is 5.98. The number of amides is 1. The molecule has 0 saturated heterocycles. The Hall–Kier alpha value is -3.34. The van der Waals surface area contributed by atoms with E-state index in [1.165, 1.54) is 11.1 Å². The number of carbonyl (C=O) groups excluding carboxylic acids is 1. The SMILES string of the molecule is CC/C(=C\c1ccc(-n2cnc(C)c2)c(OC)c1)C(=O)NC1CCc2ccccc21. The van der Waals surface area contributed by atoms with Gasteiger partial charge in [0.1, 0.15) is 5.75 Å². The molecule has 154 valence electrons. The van der Waals surface area contributed by atoms with Crippen LogP contribution in [0.2, 0.25) is 0 Å². The van der Waals surface area contributed by atoms with E-state index in [4.69, 9.17) is 4.74 Å². The molecule has 0 saturated carbocycles. The molecule has 5 heteroatoms. The number of fused-ring (bicyclic) bond motifs is 1. The highest BCUT2D eigenvalue weighted by atomic mass is 16.5. The van der Waals surface area contributed by atoms with Crippen molar-refractivity contribution in [3.05, 3.63) is 82.9 Å². The first-order valence-electron chi connectivity index (χ1n) is 10.4. The Kier molecular flexibility index (Phi) is 5.70. The van der Waals surface area contributed by atoms with Crippen LogP contribution in [0.4, 0.5) is 0 Å². The molecule has 0 spiro atoms. The molecule has 1 aromatic heterocycles. The number of aryl methyl sites for hydroxylation is 2. The Balaban J connectivity index is 1.55. The summed E-state index contributed by atoms with van der Waals surface area (Å²) in [5.41, 5.74) is 6.13. The van der Waals surface area contributed by atoms with Crippen molar-refractivity contribution < 1.29 is 9.53 Å². The number of nitrogens with zero attached hydrogens (tertiary/aromatic N) is 2. The Morgan fingerprint density at radius 2 is 2.13 bits per heavy atom. The summed E-state index contributed by atoms with van der Waals surface area (Å²) in [7, 11) is 1.65. The topological polar surface area (TPSA) is 56.2 Å². The lowest BCUT2D eigenvalue weighted by Gasteiger charge is -2.16. The number of methoxy groups -OCH3 is 1.